The van der Waals surface area contributed by atoms with E-state index in [1.54, 1.807) is 12.1 Å². The maximum Gasteiger partial charge on any atom is 0.306 e. The summed E-state index contributed by atoms with van der Waals surface area (Å²) < 4.78 is 18.9. The molecule has 1 saturated carbocycles. The fraction of sp³-hybridized carbons (Fsp3) is 0.429. The summed E-state index contributed by atoms with van der Waals surface area (Å²) in [5, 5.41) is 9.04. The number of aliphatic imine (C=N–C) groups is 1. The van der Waals surface area contributed by atoms with Crippen molar-refractivity contribution in [1.82, 2.24) is 0 Å². The highest BCUT2D eigenvalue weighted by Gasteiger charge is 2.39. The number of carboxylic acid groups (broad SMARTS) is 1. The molecule has 0 spiro atoms. The Morgan fingerprint density at radius 2 is 2.26 bits per heavy atom. The van der Waals surface area contributed by atoms with Crippen LogP contribution in [0.25, 0.3) is 0 Å². The number of hydrogen-bond acceptors (Lipinski definition) is 3. The second-order valence-electron chi connectivity index (χ2n) is 5.02. The number of rotatable bonds is 2. The minimum absolute atomic E-state index is 0.0612. The number of aliphatic carboxylic acids is 1. The summed E-state index contributed by atoms with van der Waals surface area (Å²) in [5.74, 6) is -1.02. The van der Waals surface area contributed by atoms with Gasteiger partial charge in [-0.2, -0.15) is 0 Å². The molecule has 0 bridgehead atoms. The van der Waals surface area contributed by atoms with Crippen LogP contribution in [0.1, 0.15) is 24.8 Å². The lowest BCUT2D eigenvalue weighted by molar-refractivity contribution is -0.143. The van der Waals surface area contributed by atoms with Gasteiger partial charge in [0.05, 0.1) is 12.0 Å². The Hall–Kier alpha value is -1.91. The molecular weight excluding hydrogens is 249 g/mol. The standard InChI is InChI=1S/C14H14FNO3/c15-10-3-1-2-8(6-10)13-16-11-7-9(14(17)18)4-5-12(11)19-13/h1-3,6,9,11-12H,4-5,7H2,(H,17,18). The van der Waals surface area contributed by atoms with E-state index < -0.39 is 5.97 Å². The summed E-state index contributed by atoms with van der Waals surface area (Å²) >= 11 is 0. The second kappa shape index (κ2) is 4.64. The summed E-state index contributed by atoms with van der Waals surface area (Å²) in [7, 11) is 0. The number of benzene rings is 1. The van der Waals surface area contributed by atoms with Crippen molar-refractivity contribution in [2.45, 2.75) is 31.4 Å². The zero-order valence-corrected chi connectivity index (χ0v) is 10.3. The van der Waals surface area contributed by atoms with Gasteiger partial charge >= 0.3 is 5.97 Å². The van der Waals surface area contributed by atoms with E-state index in [2.05, 4.69) is 4.99 Å². The zero-order chi connectivity index (χ0) is 13.4. The van der Waals surface area contributed by atoms with Gasteiger partial charge in [-0.05, 0) is 37.5 Å². The average Bonchev–Trinajstić information content (AvgIpc) is 2.81. The summed E-state index contributed by atoms with van der Waals surface area (Å²) in [6.07, 6.45) is 1.74. The second-order valence-corrected chi connectivity index (χ2v) is 5.02. The first-order valence-electron chi connectivity index (χ1n) is 6.36. The first-order valence-corrected chi connectivity index (χ1v) is 6.36. The van der Waals surface area contributed by atoms with Crippen LogP contribution < -0.4 is 0 Å². The van der Waals surface area contributed by atoms with Crippen molar-refractivity contribution in [1.29, 1.82) is 0 Å². The molecule has 0 saturated heterocycles. The minimum Gasteiger partial charge on any atom is -0.481 e. The van der Waals surface area contributed by atoms with E-state index in [0.29, 0.717) is 30.7 Å². The van der Waals surface area contributed by atoms with Gasteiger partial charge in [-0.3, -0.25) is 4.79 Å². The van der Waals surface area contributed by atoms with Gasteiger partial charge < -0.3 is 9.84 Å². The fourth-order valence-corrected chi connectivity index (χ4v) is 2.71. The van der Waals surface area contributed by atoms with Gasteiger partial charge in [0.15, 0.2) is 0 Å². The molecule has 3 unspecified atom stereocenters. The van der Waals surface area contributed by atoms with Gasteiger partial charge in [0.1, 0.15) is 11.9 Å². The van der Waals surface area contributed by atoms with Crippen molar-refractivity contribution < 1.29 is 19.0 Å². The molecule has 0 aromatic heterocycles. The normalized spacial score (nSPS) is 29.3. The monoisotopic (exact) mass is 263 g/mol. The largest absolute Gasteiger partial charge is 0.481 e. The average molecular weight is 263 g/mol. The summed E-state index contributed by atoms with van der Waals surface area (Å²) in [6.45, 7) is 0. The predicted octanol–water partition coefficient (Wildman–Crippen LogP) is 2.22. The van der Waals surface area contributed by atoms with Crippen molar-refractivity contribution in [3.63, 3.8) is 0 Å². The van der Waals surface area contributed by atoms with Crippen molar-refractivity contribution in [2.24, 2.45) is 10.9 Å². The molecular formula is C14H14FNO3. The molecule has 3 rings (SSSR count). The highest BCUT2D eigenvalue weighted by atomic mass is 19.1. The van der Waals surface area contributed by atoms with E-state index in [1.165, 1.54) is 12.1 Å². The Balaban J connectivity index is 1.80. The lowest BCUT2D eigenvalue weighted by atomic mass is 9.84. The SMILES string of the molecule is O=C(O)C1CCC2OC(c3cccc(F)c3)=NC2C1. The molecule has 5 heteroatoms. The lowest BCUT2D eigenvalue weighted by Crippen LogP contribution is -2.33. The number of ether oxygens (including phenoxy) is 1. The van der Waals surface area contributed by atoms with Crippen molar-refractivity contribution in [3.05, 3.63) is 35.6 Å². The number of halogens is 1. The predicted molar refractivity (Wildman–Crippen MR) is 66.6 cm³/mol. The van der Waals surface area contributed by atoms with Gasteiger partial charge in [0, 0.05) is 5.56 Å². The Morgan fingerprint density at radius 1 is 1.42 bits per heavy atom. The molecule has 3 atom stereocenters. The first kappa shape index (κ1) is 12.1. The molecule has 1 aliphatic heterocycles. The Kier molecular flexibility index (Phi) is 2.97. The maximum atomic E-state index is 13.2. The van der Waals surface area contributed by atoms with Crippen LogP contribution >= 0.6 is 0 Å². The molecule has 4 nitrogen and oxygen atoms in total. The van der Waals surface area contributed by atoms with Crippen LogP contribution in [0.15, 0.2) is 29.3 Å². The molecule has 19 heavy (non-hydrogen) atoms. The molecule has 0 radical (unpaired) electrons. The third-order valence-corrected chi connectivity index (χ3v) is 3.72. The third-order valence-electron chi connectivity index (χ3n) is 3.72. The Labute approximate surface area is 109 Å². The van der Waals surface area contributed by atoms with Gasteiger partial charge in [0.25, 0.3) is 0 Å². The summed E-state index contributed by atoms with van der Waals surface area (Å²) in [4.78, 5) is 15.4. The van der Waals surface area contributed by atoms with Crippen molar-refractivity contribution in [2.75, 3.05) is 0 Å². The molecule has 1 aromatic rings. The highest BCUT2D eigenvalue weighted by Crippen LogP contribution is 2.33. The van der Waals surface area contributed by atoms with Crippen molar-refractivity contribution in [3.8, 4) is 0 Å². The van der Waals surface area contributed by atoms with E-state index in [0.717, 1.165) is 0 Å². The third kappa shape index (κ3) is 2.32. The number of fused-ring (bicyclic) bond motifs is 1. The smallest absolute Gasteiger partial charge is 0.306 e. The zero-order valence-electron chi connectivity index (χ0n) is 10.3. The van der Waals surface area contributed by atoms with Crippen LogP contribution in [0, 0.1) is 11.7 Å². The van der Waals surface area contributed by atoms with Crippen LogP contribution in [0.2, 0.25) is 0 Å². The molecule has 100 valence electrons. The molecule has 1 heterocycles. The minimum atomic E-state index is -0.771. The molecule has 2 aliphatic rings. The molecule has 1 aliphatic carbocycles. The van der Waals surface area contributed by atoms with E-state index in [1.807, 2.05) is 0 Å². The Morgan fingerprint density at radius 3 is 3.00 bits per heavy atom. The van der Waals surface area contributed by atoms with E-state index in [4.69, 9.17) is 9.84 Å². The number of carbonyl (C=O) groups is 1. The van der Waals surface area contributed by atoms with E-state index in [-0.39, 0.29) is 23.9 Å². The quantitative estimate of drug-likeness (QED) is 0.890. The Bertz CT molecular complexity index is 543. The number of carboxylic acids is 1. The van der Waals surface area contributed by atoms with Crippen molar-refractivity contribution >= 4 is 11.9 Å². The van der Waals surface area contributed by atoms with Crippen LogP contribution in [0.5, 0.6) is 0 Å². The molecule has 1 aromatic carbocycles. The van der Waals surface area contributed by atoms with E-state index in [9.17, 15) is 9.18 Å². The summed E-state index contributed by atoms with van der Waals surface area (Å²) in [5.41, 5.74) is 0.612. The fourth-order valence-electron chi connectivity index (χ4n) is 2.71. The van der Waals surface area contributed by atoms with Crippen LogP contribution in [0.4, 0.5) is 4.39 Å². The summed E-state index contributed by atoms with van der Waals surface area (Å²) in [6, 6.07) is 5.98. The van der Waals surface area contributed by atoms with Gasteiger partial charge in [-0.25, -0.2) is 9.38 Å². The highest BCUT2D eigenvalue weighted by molar-refractivity contribution is 5.95. The number of hydrogen-bond donors (Lipinski definition) is 1. The lowest BCUT2D eigenvalue weighted by Gasteiger charge is -2.26. The van der Waals surface area contributed by atoms with Gasteiger partial charge in [-0.15, -0.1) is 0 Å². The van der Waals surface area contributed by atoms with E-state index >= 15 is 0 Å². The van der Waals surface area contributed by atoms with Gasteiger partial charge in [-0.1, -0.05) is 6.07 Å². The van der Waals surface area contributed by atoms with Crippen LogP contribution in [-0.2, 0) is 9.53 Å². The topological polar surface area (TPSA) is 58.9 Å². The molecule has 1 N–H and O–H groups in total. The molecule has 0 amide bonds. The maximum absolute atomic E-state index is 13.2. The first-order chi connectivity index (χ1) is 9.13. The van der Waals surface area contributed by atoms with Crippen LogP contribution in [0.3, 0.4) is 0 Å². The molecule has 1 fully saturated rings. The van der Waals surface area contributed by atoms with Gasteiger partial charge in [0.2, 0.25) is 5.90 Å². The van der Waals surface area contributed by atoms with Crippen LogP contribution in [-0.4, -0.2) is 29.1 Å². The number of nitrogens with zero attached hydrogens (tertiary/aromatic N) is 1.